The van der Waals surface area contributed by atoms with Gasteiger partial charge in [0, 0.05) is 24.7 Å². The van der Waals surface area contributed by atoms with Crippen molar-refractivity contribution >= 4 is 5.91 Å². The highest BCUT2D eigenvalue weighted by molar-refractivity contribution is 5.94. The van der Waals surface area contributed by atoms with Gasteiger partial charge in [-0.2, -0.15) is 0 Å². The molecule has 0 atom stereocenters. The van der Waals surface area contributed by atoms with Gasteiger partial charge >= 0.3 is 0 Å². The molecule has 4 heteroatoms. The number of phenols is 1. The van der Waals surface area contributed by atoms with Gasteiger partial charge in [0.15, 0.2) is 0 Å². The summed E-state index contributed by atoms with van der Waals surface area (Å²) >= 11 is 0. The molecule has 18 heavy (non-hydrogen) atoms. The van der Waals surface area contributed by atoms with E-state index in [1.807, 2.05) is 7.05 Å². The summed E-state index contributed by atoms with van der Waals surface area (Å²) in [6, 6.07) is 6.96. The molecular weight excluding hydrogens is 228 g/mol. The SMILES string of the molecule is CN(C(=O)c1ccc(O)cc1)C1CCC(N)CC1. The molecule has 4 nitrogen and oxygen atoms in total. The summed E-state index contributed by atoms with van der Waals surface area (Å²) in [6.07, 6.45) is 3.92. The molecule has 1 fully saturated rings. The van der Waals surface area contributed by atoms with Crippen LogP contribution in [0, 0.1) is 0 Å². The quantitative estimate of drug-likeness (QED) is 0.837. The van der Waals surface area contributed by atoms with E-state index in [1.54, 1.807) is 17.0 Å². The van der Waals surface area contributed by atoms with Gasteiger partial charge in [-0.3, -0.25) is 4.79 Å². The predicted octanol–water partition coefficient (Wildman–Crippen LogP) is 1.73. The van der Waals surface area contributed by atoms with Crippen molar-refractivity contribution in [2.75, 3.05) is 7.05 Å². The highest BCUT2D eigenvalue weighted by Gasteiger charge is 2.25. The van der Waals surface area contributed by atoms with Crippen molar-refractivity contribution in [2.45, 2.75) is 37.8 Å². The topological polar surface area (TPSA) is 66.6 Å². The summed E-state index contributed by atoms with van der Waals surface area (Å²) < 4.78 is 0. The monoisotopic (exact) mass is 248 g/mol. The highest BCUT2D eigenvalue weighted by Crippen LogP contribution is 2.22. The summed E-state index contributed by atoms with van der Waals surface area (Å²) in [7, 11) is 1.84. The lowest BCUT2D eigenvalue weighted by Gasteiger charge is -2.33. The van der Waals surface area contributed by atoms with Crippen molar-refractivity contribution in [2.24, 2.45) is 5.73 Å². The zero-order chi connectivity index (χ0) is 13.1. The Morgan fingerprint density at radius 1 is 1.22 bits per heavy atom. The molecule has 1 amide bonds. The number of hydrogen-bond acceptors (Lipinski definition) is 3. The molecule has 2 rings (SSSR count). The number of phenolic OH excluding ortho intramolecular Hbond substituents is 1. The first-order valence-corrected chi connectivity index (χ1v) is 6.39. The van der Waals surface area contributed by atoms with E-state index in [0.29, 0.717) is 11.6 Å². The first kappa shape index (κ1) is 12.9. The van der Waals surface area contributed by atoms with Crippen LogP contribution < -0.4 is 5.73 Å². The standard InChI is InChI=1S/C14H20N2O2/c1-16(12-6-4-11(15)5-7-12)14(18)10-2-8-13(17)9-3-10/h2-3,8-9,11-12,17H,4-7,15H2,1H3. The van der Waals surface area contributed by atoms with Crippen molar-refractivity contribution in [3.63, 3.8) is 0 Å². The van der Waals surface area contributed by atoms with Crippen molar-refractivity contribution < 1.29 is 9.90 Å². The van der Waals surface area contributed by atoms with Gasteiger partial charge in [0.05, 0.1) is 0 Å². The maximum absolute atomic E-state index is 12.2. The molecule has 0 spiro atoms. The maximum Gasteiger partial charge on any atom is 0.253 e. The maximum atomic E-state index is 12.2. The Balaban J connectivity index is 2.02. The van der Waals surface area contributed by atoms with Gasteiger partial charge in [-0.25, -0.2) is 0 Å². The molecule has 1 aliphatic rings. The van der Waals surface area contributed by atoms with Gasteiger partial charge in [-0.05, 0) is 49.9 Å². The molecule has 0 aromatic heterocycles. The van der Waals surface area contributed by atoms with Gasteiger partial charge in [0.2, 0.25) is 0 Å². The second-order valence-electron chi connectivity index (χ2n) is 5.03. The summed E-state index contributed by atoms with van der Waals surface area (Å²) in [5.74, 6) is 0.188. The number of benzene rings is 1. The van der Waals surface area contributed by atoms with E-state index in [0.717, 1.165) is 25.7 Å². The van der Waals surface area contributed by atoms with Crippen molar-refractivity contribution in [1.82, 2.24) is 4.90 Å². The average Bonchev–Trinajstić information content (AvgIpc) is 2.39. The van der Waals surface area contributed by atoms with Crippen LogP contribution in [-0.2, 0) is 0 Å². The number of nitrogens with zero attached hydrogens (tertiary/aromatic N) is 1. The second kappa shape index (κ2) is 5.40. The number of rotatable bonds is 2. The minimum atomic E-state index is 0.00970. The normalized spacial score (nSPS) is 23.7. The number of hydrogen-bond donors (Lipinski definition) is 2. The van der Waals surface area contributed by atoms with Crippen LogP contribution in [0.4, 0.5) is 0 Å². The molecule has 1 aromatic carbocycles. The Morgan fingerprint density at radius 2 is 1.78 bits per heavy atom. The van der Waals surface area contributed by atoms with Crippen LogP contribution in [0.5, 0.6) is 5.75 Å². The van der Waals surface area contributed by atoms with Crippen molar-refractivity contribution in [1.29, 1.82) is 0 Å². The van der Waals surface area contributed by atoms with Crippen molar-refractivity contribution in [3.8, 4) is 5.75 Å². The fourth-order valence-corrected chi connectivity index (χ4v) is 2.46. The summed E-state index contributed by atoms with van der Waals surface area (Å²) in [5, 5.41) is 9.22. The van der Waals surface area contributed by atoms with Crippen LogP contribution >= 0.6 is 0 Å². The number of nitrogens with two attached hydrogens (primary N) is 1. The minimum Gasteiger partial charge on any atom is -0.508 e. The van der Waals surface area contributed by atoms with E-state index >= 15 is 0 Å². The third-order valence-electron chi connectivity index (χ3n) is 3.72. The minimum absolute atomic E-state index is 0.00970. The third-order valence-corrected chi connectivity index (χ3v) is 3.72. The molecule has 0 heterocycles. The Kier molecular flexibility index (Phi) is 3.87. The lowest BCUT2D eigenvalue weighted by Crippen LogP contribution is -2.41. The summed E-state index contributed by atoms with van der Waals surface area (Å²) in [6.45, 7) is 0. The fourth-order valence-electron chi connectivity index (χ4n) is 2.46. The summed E-state index contributed by atoms with van der Waals surface area (Å²) in [5.41, 5.74) is 6.49. The smallest absolute Gasteiger partial charge is 0.253 e. The van der Waals surface area contributed by atoms with Crippen LogP contribution in [0.1, 0.15) is 36.0 Å². The number of amides is 1. The van der Waals surface area contributed by atoms with E-state index in [9.17, 15) is 9.90 Å². The lowest BCUT2D eigenvalue weighted by atomic mass is 9.90. The largest absolute Gasteiger partial charge is 0.508 e. The molecule has 98 valence electrons. The molecule has 1 aromatic rings. The summed E-state index contributed by atoms with van der Waals surface area (Å²) in [4.78, 5) is 14.1. The van der Waals surface area contributed by atoms with Gasteiger partial charge < -0.3 is 15.7 Å². The van der Waals surface area contributed by atoms with E-state index in [4.69, 9.17) is 5.73 Å². The molecule has 1 aliphatic carbocycles. The van der Waals surface area contributed by atoms with Crippen molar-refractivity contribution in [3.05, 3.63) is 29.8 Å². The molecular formula is C14H20N2O2. The first-order chi connectivity index (χ1) is 8.58. The average molecular weight is 248 g/mol. The number of carbonyl (C=O) groups is 1. The second-order valence-corrected chi connectivity index (χ2v) is 5.03. The Hall–Kier alpha value is -1.55. The molecule has 0 aliphatic heterocycles. The molecule has 0 radical (unpaired) electrons. The van der Waals surface area contributed by atoms with Crippen LogP contribution in [0.2, 0.25) is 0 Å². The van der Waals surface area contributed by atoms with Crippen LogP contribution in [0.25, 0.3) is 0 Å². The van der Waals surface area contributed by atoms with Gasteiger partial charge in [0.1, 0.15) is 5.75 Å². The predicted molar refractivity (Wildman–Crippen MR) is 70.4 cm³/mol. The van der Waals surface area contributed by atoms with Gasteiger partial charge in [-0.1, -0.05) is 0 Å². The highest BCUT2D eigenvalue weighted by atomic mass is 16.3. The Labute approximate surface area is 107 Å². The fraction of sp³-hybridized carbons (Fsp3) is 0.500. The third kappa shape index (κ3) is 2.82. The molecule has 0 bridgehead atoms. The molecule has 0 saturated heterocycles. The Morgan fingerprint density at radius 3 is 2.33 bits per heavy atom. The Bertz CT molecular complexity index is 408. The zero-order valence-corrected chi connectivity index (χ0v) is 10.7. The molecule has 0 unspecified atom stereocenters. The van der Waals surface area contributed by atoms with Gasteiger partial charge in [0.25, 0.3) is 5.91 Å². The molecule has 1 saturated carbocycles. The van der Waals surface area contributed by atoms with E-state index < -0.39 is 0 Å². The zero-order valence-electron chi connectivity index (χ0n) is 10.7. The van der Waals surface area contributed by atoms with Gasteiger partial charge in [-0.15, -0.1) is 0 Å². The van der Waals surface area contributed by atoms with E-state index in [2.05, 4.69) is 0 Å². The van der Waals surface area contributed by atoms with Crippen LogP contribution in [0.3, 0.4) is 0 Å². The molecule has 3 N–H and O–H groups in total. The lowest BCUT2D eigenvalue weighted by molar-refractivity contribution is 0.0690. The van der Waals surface area contributed by atoms with Crippen LogP contribution in [0.15, 0.2) is 24.3 Å². The first-order valence-electron chi connectivity index (χ1n) is 6.39. The number of aromatic hydroxyl groups is 1. The number of carbonyl (C=O) groups excluding carboxylic acids is 1. The van der Waals surface area contributed by atoms with E-state index in [-0.39, 0.29) is 17.7 Å². The van der Waals surface area contributed by atoms with Crippen LogP contribution in [-0.4, -0.2) is 35.0 Å². The van der Waals surface area contributed by atoms with E-state index in [1.165, 1.54) is 12.1 Å².